The normalized spacial score (nSPS) is 20.6. The molecule has 2 aliphatic heterocycles. The number of carbonyl (C=O) groups excluding carboxylic acids is 2. The number of piperidine rings is 1. The minimum atomic E-state index is -0.476. The Labute approximate surface area is 115 Å². The van der Waals surface area contributed by atoms with Crippen LogP contribution in [0.25, 0.3) is 0 Å². The lowest BCUT2D eigenvalue weighted by atomic mass is 9.91. The summed E-state index contributed by atoms with van der Waals surface area (Å²) in [7, 11) is 0. The molecule has 2 heterocycles. The van der Waals surface area contributed by atoms with Gasteiger partial charge in [0.2, 0.25) is 0 Å². The summed E-state index contributed by atoms with van der Waals surface area (Å²) >= 11 is 0. The van der Waals surface area contributed by atoms with E-state index in [0.717, 1.165) is 0 Å². The number of likely N-dealkylation sites (tertiary alicyclic amines) is 1. The molecule has 5 nitrogen and oxygen atoms in total. The number of benzene rings is 1. The molecule has 2 aliphatic rings. The molecule has 2 amide bonds. The second-order valence-electron chi connectivity index (χ2n) is 5.23. The maximum Gasteiger partial charge on any atom is 0.407 e. The molecule has 2 saturated heterocycles. The standard InChI is InChI=1S/C14H15FN2O3/c15-11-3-1-2-10(8-11)12(18)17-6-4-14(5-7-17)9-16-13(19)20-14/h1-3,8H,4-7,9H2,(H,16,19). The highest BCUT2D eigenvalue weighted by Gasteiger charge is 2.43. The summed E-state index contributed by atoms with van der Waals surface area (Å²) in [5.41, 5.74) is -0.127. The summed E-state index contributed by atoms with van der Waals surface area (Å²) in [6.07, 6.45) is 0.814. The van der Waals surface area contributed by atoms with Crippen molar-refractivity contribution in [1.82, 2.24) is 10.2 Å². The van der Waals surface area contributed by atoms with Gasteiger partial charge in [-0.05, 0) is 18.2 Å². The van der Waals surface area contributed by atoms with Crippen LogP contribution in [-0.4, -0.2) is 42.1 Å². The van der Waals surface area contributed by atoms with Crippen molar-refractivity contribution >= 4 is 12.0 Å². The van der Waals surface area contributed by atoms with Crippen LogP contribution in [0.2, 0.25) is 0 Å². The lowest BCUT2D eigenvalue weighted by Gasteiger charge is -2.37. The summed E-state index contributed by atoms with van der Waals surface area (Å²) in [5, 5.41) is 2.65. The summed E-state index contributed by atoms with van der Waals surface area (Å²) in [6, 6.07) is 5.68. The Morgan fingerprint density at radius 3 is 2.70 bits per heavy atom. The van der Waals surface area contributed by atoms with E-state index in [1.807, 2.05) is 0 Å². The van der Waals surface area contributed by atoms with E-state index >= 15 is 0 Å². The van der Waals surface area contributed by atoms with Crippen LogP contribution in [0.3, 0.4) is 0 Å². The molecule has 2 fully saturated rings. The predicted molar refractivity (Wildman–Crippen MR) is 68.8 cm³/mol. The molecule has 1 aromatic rings. The third kappa shape index (κ3) is 2.33. The SMILES string of the molecule is O=C1NCC2(CCN(C(=O)c3cccc(F)c3)CC2)O1. The Morgan fingerprint density at radius 2 is 2.10 bits per heavy atom. The Hall–Kier alpha value is -2.11. The molecule has 0 unspecified atom stereocenters. The first-order chi connectivity index (χ1) is 9.58. The van der Waals surface area contributed by atoms with Gasteiger partial charge in [0.05, 0.1) is 6.54 Å². The second-order valence-corrected chi connectivity index (χ2v) is 5.23. The number of amides is 2. The van der Waals surface area contributed by atoms with Crippen LogP contribution >= 0.6 is 0 Å². The molecule has 20 heavy (non-hydrogen) atoms. The van der Waals surface area contributed by atoms with Gasteiger partial charge in [-0.2, -0.15) is 0 Å². The molecule has 0 atom stereocenters. The van der Waals surface area contributed by atoms with E-state index in [2.05, 4.69) is 5.32 Å². The second kappa shape index (κ2) is 4.77. The van der Waals surface area contributed by atoms with Gasteiger partial charge in [-0.1, -0.05) is 6.07 Å². The number of rotatable bonds is 1. The number of hydrogen-bond donors (Lipinski definition) is 1. The fourth-order valence-corrected chi connectivity index (χ4v) is 2.70. The van der Waals surface area contributed by atoms with Gasteiger partial charge in [0.25, 0.3) is 5.91 Å². The fraction of sp³-hybridized carbons (Fsp3) is 0.429. The number of nitrogens with zero attached hydrogens (tertiary/aromatic N) is 1. The largest absolute Gasteiger partial charge is 0.441 e. The Kier molecular flexibility index (Phi) is 3.08. The molecule has 106 valence electrons. The van der Waals surface area contributed by atoms with Crippen LogP contribution in [0.4, 0.5) is 9.18 Å². The van der Waals surface area contributed by atoms with E-state index in [4.69, 9.17) is 4.74 Å². The average molecular weight is 278 g/mol. The van der Waals surface area contributed by atoms with Crippen molar-refractivity contribution in [3.63, 3.8) is 0 Å². The van der Waals surface area contributed by atoms with Crippen LogP contribution in [0.5, 0.6) is 0 Å². The van der Waals surface area contributed by atoms with Crippen LogP contribution in [-0.2, 0) is 4.74 Å². The summed E-state index contributed by atoms with van der Waals surface area (Å²) < 4.78 is 18.4. The van der Waals surface area contributed by atoms with Gasteiger partial charge in [-0.15, -0.1) is 0 Å². The van der Waals surface area contributed by atoms with E-state index < -0.39 is 17.5 Å². The zero-order valence-corrected chi connectivity index (χ0v) is 10.9. The van der Waals surface area contributed by atoms with Gasteiger partial charge in [0, 0.05) is 31.5 Å². The average Bonchev–Trinajstić information content (AvgIpc) is 2.80. The number of alkyl carbamates (subject to hydrolysis) is 1. The summed E-state index contributed by atoms with van der Waals surface area (Å²) in [5.74, 6) is -0.602. The van der Waals surface area contributed by atoms with Crippen molar-refractivity contribution < 1.29 is 18.7 Å². The summed E-state index contributed by atoms with van der Waals surface area (Å²) in [4.78, 5) is 25.1. The molecule has 1 aromatic carbocycles. The number of hydrogen-bond acceptors (Lipinski definition) is 3. The van der Waals surface area contributed by atoms with E-state index in [1.165, 1.54) is 18.2 Å². The molecular weight excluding hydrogens is 263 g/mol. The lowest BCUT2D eigenvalue weighted by Crippen LogP contribution is -2.48. The minimum Gasteiger partial charge on any atom is -0.441 e. The fourth-order valence-electron chi connectivity index (χ4n) is 2.70. The molecule has 0 saturated carbocycles. The third-order valence-electron chi connectivity index (χ3n) is 3.90. The van der Waals surface area contributed by atoms with E-state index in [-0.39, 0.29) is 5.91 Å². The van der Waals surface area contributed by atoms with Crippen molar-refractivity contribution in [3.05, 3.63) is 35.6 Å². The first-order valence-corrected chi connectivity index (χ1v) is 6.60. The smallest absolute Gasteiger partial charge is 0.407 e. The molecule has 0 bridgehead atoms. The molecule has 1 spiro atoms. The van der Waals surface area contributed by atoms with Crippen LogP contribution in [0.1, 0.15) is 23.2 Å². The lowest BCUT2D eigenvalue weighted by molar-refractivity contribution is 0.00329. The number of carbonyl (C=O) groups is 2. The Bertz CT molecular complexity index is 553. The van der Waals surface area contributed by atoms with Crippen molar-refractivity contribution in [2.24, 2.45) is 0 Å². The van der Waals surface area contributed by atoms with E-state index in [0.29, 0.717) is 38.0 Å². The third-order valence-corrected chi connectivity index (χ3v) is 3.90. The molecule has 0 aliphatic carbocycles. The molecular formula is C14H15FN2O3. The number of ether oxygens (including phenoxy) is 1. The maximum atomic E-state index is 13.1. The highest BCUT2D eigenvalue weighted by atomic mass is 19.1. The van der Waals surface area contributed by atoms with Gasteiger partial charge in [-0.3, -0.25) is 4.79 Å². The van der Waals surface area contributed by atoms with Crippen molar-refractivity contribution in [2.45, 2.75) is 18.4 Å². The van der Waals surface area contributed by atoms with Crippen molar-refractivity contribution in [1.29, 1.82) is 0 Å². The van der Waals surface area contributed by atoms with Gasteiger partial charge >= 0.3 is 6.09 Å². The van der Waals surface area contributed by atoms with Crippen LogP contribution in [0, 0.1) is 5.82 Å². The number of nitrogens with one attached hydrogen (secondary N) is 1. The quantitative estimate of drug-likeness (QED) is 0.847. The van der Waals surface area contributed by atoms with Crippen molar-refractivity contribution in [3.8, 4) is 0 Å². The first kappa shape index (κ1) is 12.9. The molecule has 0 radical (unpaired) electrons. The van der Waals surface area contributed by atoms with Crippen LogP contribution in [0.15, 0.2) is 24.3 Å². The Balaban J connectivity index is 1.66. The zero-order chi connectivity index (χ0) is 14.2. The summed E-state index contributed by atoms with van der Waals surface area (Å²) in [6.45, 7) is 1.50. The molecule has 0 aromatic heterocycles. The zero-order valence-electron chi connectivity index (χ0n) is 10.9. The van der Waals surface area contributed by atoms with Gasteiger partial charge in [0.15, 0.2) is 0 Å². The highest BCUT2D eigenvalue weighted by Crippen LogP contribution is 2.29. The minimum absolute atomic E-state index is 0.184. The van der Waals surface area contributed by atoms with E-state index in [1.54, 1.807) is 11.0 Å². The first-order valence-electron chi connectivity index (χ1n) is 6.60. The monoisotopic (exact) mass is 278 g/mol. The Morgan fingerprint density at radius 1 is 1.35 bits per heavy atom. The van der Waals surface area contributed by atoms with Crippen molar-refractivity contribution in [2.75, 3.05) is 19.6 Å². The highest BCUT2D eigenvalue weighted by molar-refractivity contribution is 5.94. The van der Waals surface area contributed by atoms with Gasteiger partial charge < -0.3 is 15.0 Å². The molecule has 6 heteroatoms. The topological polar surface area (TPSA) is 58.6 Å². The van der Waals surface area contributed by atoms with E-state index in [9.17, 15) is 14.0 Å². The van der Waals surface area contributed by atoms with Crippen LogP contribution < -0.4 is 5.32 Å². The van der Waals surface area contributed by atoms with Gasteiger partial charge in [0.1, 0.15) is 11.4 Å². The number of halogens is 1. The van der Waals surface area contributed by atoms with Gasteiger partial charge in [-0.25, -0.2) is 9.18 Å². The maximum absolute atomic E-state index is 13.1. The predicted octanol–water partition coefficient (Wildman–Crippen LogP) is 1.54. The molecule has 1 N–H and O–H groups in total. The molecule has 3 rings (SSSR count).